The van der Waals surface area contributed by atoms with Crippen molar-refractivity contribution in [2.45, 2.75) is 32.5 Å². The Balaban J connectivity index is 0.00000200. The van der Waals surface area contributed by atoms with Crippen molar-refractivity contribution in [1.29, 1.82) is 0 Å². The monoisotopic (exact) mass is 301 g/mol. The van der Waals surface area contributed by atoms with Crippen molar-refractivity contribution < 1.29 is 9.53 Å². The summed E-state index contributed by atoms with van der Waals surface area (Å²) in [5.74, 6) is -0.145. The number of anilines is 1. The summed E-state index contributed by atoms with van der Waals surface area (Å²) in [6, 6.07) is 2.70. The molecule has 2 N–H and O–H groups in total. The van der Waals surface area contributed by atoms with Crippen LogP contribution in [0.25, 0.3) is 0 Å². The molecule has 0 aliphatic carbocycles. The summed E-state index contributed by atoms with van der Waals surface area (Å²) in [7, 11) is 0. The average Bonchev–Trinajstić information content (AvgIpc) is 2.41. The number of aromatic nitrogens is 1. The van der Waals surface area contributed by atoms with Gasteiger partial charge in [-0.05, 0) is 19.9 Å². The quantitative estimate of drug-likeness (QED) is 0.858. The lowest BCUT2D eigenvalue weighted by atomic mass is 10.1. The first-order valence-corrected chi connectivity index (χ1v) is 6.48. The molecule has 0 unspecified atom stereocenters. The molecule has 2 heterocycles. The molecule has 1 aromatic rings. The van der Waals surface area contributed by atoms with Gasteiger partial charge < -0.3 is 19.9 Å². The Bertz CT molecular complexity index is 518. The maximum atomic E-state index is 12.1. The molecule has 2 rings (SSSR count). The number of aryl methyl sites for hydroxylation is 1. The Kier molecular flexibility index (Phi) is 6.19. The van der Waals surface area contributed by atoms with Crippen molar-refractivity contribution in [3.63, 3.8) is 0 Å². The van der Waals surface area contributed by atoms with Crippen molar-refractivity contribution in [3.8, 4) is 0 Å². The standard InChI is InChI=1S/C13H19N3O3.ClH/c1-3-16-8-10(4-5-11(16)17)15-13(18)12-9(2)19-7-6-14-12;/h4-5,8-9,12,14H,3,6-7H2,1-2H3,(H,15,18);1H/t9-,12+;/m1./s1. The fourth-order valence-electron chi connectivity index (χ4n) is 2.10. The van der Waals surface area contributed by atoms with Gasteiger partial charge in [0.25, 0.3) is 5.56 Å². The molecule has 1 saturated heterocycles. The number of nitrogens with one attached hydrogen (secondary N) is 2. The van der Waals surface area contributed by atoms with Crippen LogP contribution in [0, 0.1) is 0 Å². The van der Waals surface area contributed by atoms with E-state index in [-0.39, 0.29) is 36.0 Å². The highest BCUT2D eigenvalue weighted by molar-refractivity contribution is 5.95. The summed E-state index contributed by atoms with van der Waals surface area (Å²) in [4.78, 5) is 23.6. The molecule has 6 nitrogen and oxygen atoms in total. The van der Waals surface area contributed by atoms with E-state index in [0.29, 0.717) is 25.4 Å². The first kappa shape index (κ1) is 16.7. The summed E-state index contributed by atoms with van der Waals surface area (Å²) in [5, 5.41) is 5.93. The molecule has 2 atom stereocenters. The molecule has 0 spiro atoms. The van der Waals surface area contributed by atoms with Gasteiger partial charge in [-0.3, -0.25) is 9.59 Å². The number of hydrogen-bond donors (Lipinski definition) is 2. The van der Waals surface area contributed by atoms with Gasteiger partial charge in [-0.1, -0.05) is 0 Å². The Morgan fingerprint density at radius 2 is 2.30 bits per heavy atom. The number of rotatable bonds is 3. The highest BCUT2D eigenvalue weighted by atomic mass is 35.5. The van der Waals surface area contributed by atoms with Crippen LogP contribution in [-0.2, 0) is 16.1 Å². The number of halogens is 1. The summed E-state index contributed by atoms with van der Waals surface area (Å²) in [6.45, 7) is 5.60. The third-order valence-electron chi connectivity index (χ3n) is 3.19. The van der Waals surface area contributed by atoms with Gasteiger partial charge in [0, 0.05) is 25.4 Å². The zero-order valence-electron chi connectivity index (χ0n) is 11.6. The first-order valence-electron chi connectivity index (χ1n) is 6.48. The molecule has 0 aromatic carbocycles. The van der Waals surface area contributed by atoms with Gasteiger partial charge in [0.2, 0.25) is 5.91 Å². The number of nitrogens with zero attached hydrogens (tertiary/aromatic N) is 1. The van der Waals surface area contributed by atoms with E-state index in [1.807, 2.05) is 13.8 Å². The highest BCUT2D eigenvalue weighted by Gasteiger charge is 2.28. The Hall–Kier alpha value is -1.37. The molecule has 0 radical (unpaired) electrons. The van der Waals surface area contributed by atoms with Crippen molar-refractivity contribution in [2.24, 2.45) is 0 Å². The van der Waals surface area contributed by atoms with Crippen molar-refractivity contribution in [2.75, 3.05) is 18.5 Å². The van der Waals surface area contributed by atoms with Crippen molar-refractivity contribution in [3.05, 3.63) is 28.7 Å². The smallest absolute Gasteiger partial charge is 0.250 e. The van der Waals surface area contributed by atoms with Crippen molar-refractivity contribution in [1.82, 2.24) is 9.88 Å². The Morgan fingerprint density at radius 1 is 1.55 bits per heavy atom. The molecule has 1 fully saturated rings. The van der Waals surface area contributed by atoms with E-state index in [1.165, 1.54) is 6.07 Å². The second kappa shape index (κ2) is 7.42. The molecule has 0 saturated carbocycles. The fourth-order valence-corrected chi connectivity index (χ4v) is 2.10. The third-order valence-corrected chi connectivity index (χ3v) is 3.19. The summed E-state index contributed by atoms with van der Waals surface area (Å²) >= 11 is 0. The maximum Gasteiger partial charge on any atom is 0.250 e. The first-order chi connectivity index (χ1) is 9.11. The fraction of sp³-hybridized carbons (Fsp3) is 0.538. The second-order valence-electron chi connectivity index (χ2n) is 4.54. The van der Waals surface area contributed by atoms with E-state index in [2.05, 4.69) is 10.6 Å². The SMILES string of the molecule is CCn1cc(NC(=O)[C@H]2NCCO[C@@H]2C)ccc1=O.Cl. The van der Waals surface area contributed by atoms with E-state index in [9.17, 15) is 9.59 Å². The predicted molar refractivity (Wildman–Crippen MR) is 79.5 cm³/mol. The molecule has 1 amide bonds. The molecule has 20 heavy (non-hydrogen) atoms. The van der Waals surface area contributed by atoms with Crippen LogP contribution in [0.4, 0.5) is 5.69 Å². The summed E-state index contributed by atoms with van der Waals surface area (Å²) < 4.78 is 6.98. The van der Waals surface area contributed by atoms with Gasteiger partial charge in [-0.25, -0.2) is 0 Å². The molecule has 1 aliphatic heterocycles. The number of amides is 1. The van der Waals surface area contributed by atoms with Crippen LogP contribution in [0.5, 0.6) is 0 Å². The number of ether oxygens (including phenoxy) is 1. The molecular formula is C13H20ClN3O3. The van der Waals surface area contributed by atoms with E-state index in [4.69, 9.17) is 4.74 Å². The number of hydrogen-bond acceptors (Lipinski definition) is 4. The number of morpholine rings is 1. The lowest BCUT2D eigenvalue weighted by Crippen LogP contribution is -2.53. The van der Waals surface area contributed by atoms with Crippen LogP contribution in [0.3, 0.4) is 0 Å². The molecular weight excluding hydrogens is 282 g/mol. The molecule has 7 heteroatoms. The van der Waals surface area contributed by atoms with E-state index in [0.717, 1.165) is 0 Å². The Morgan fingerprint density at radius 3 is 2.95 bits per heavy atom. The molecule has 1 aliphatic rings. The normalized spacial score (nSPS) is 21.9. The number of pyridine rings is 1. The predicted octanol–water partition coefficient (Wildman–Crippen LogP) is 0.605. The minimum absolute atomic E-state index is 0. The largest absolute Gasteiger partial charge is 0.375 e. The molecule has 0 bridgehead atoms. The third kappa shape index (κ3) is 3.82. The van der Waals surface area contributed by atoms with Crippen molar-refractivity contribution >= 4 is 24.0 Å². The minimum Gasteiger partial charge on any atom is -0.375 e. The van der Waals surface area contributed by atoms with Gasteiger partial charge >= 0.3 is 0 Å². The Labute approximate surface area is 123 Å². The van der Waals surface area contributed by atoms with Crippen LogP contribution in [0.15, 0.2) is 23.1 Å². The summed E-state index contributed by atoms with van der Waals surface area (Å²) in [5.41, 5.74) is 0.541. The lowest BCUT2D eigenvalue weighted by Gasteiger charge is -2.29. The van der Waals surface area contributed by atoms with Gasteiger partial charge in [-0.15, -0.1) is 12.4 Å². The van der Waals surface area contributed by atoms with Crippen LogP contribution < -0.4 is 16.2 Å². The van der Waals surface area contributed by atoms with Gasteiger partial charge in [-0.2, -0.15) is 0 Å². The van der Waals surface area contributed by atoms with Gasteiger partial charge in [0.05, 0.1) is 18.4 Å². The molecule has 112 valence electrons. The van der Waals surface area contributed by atoms with E-state index >= 15 is 0 Å². The molecule has 1 aromatic heterocycles. The topological polar surface area (TPSA) is 72.4 Å². The van der Waals surface area contributed by atoms with Crippen LogP contribution >= 0.6 is 12.4 Å². The van der Waals surface area contributed by atoms with Gasteiger partial charge in [0.15, 0.2) is 0 Å². The zero-order chi connectivity index (χ0) is 13.8. The highest BCUT2D eigenvalue weighted by Crippen LogP contribution is 2.09. The zero-order valence-corrected chi connectivity index (χ0v) is 12.4. The summed E-state index contributed by atoms with van der Waals surface area (Å²) in [6.07, 6.45) is 1.49. The minimum atomic E-state index is -0.365. The van der Waals surface area contributed by atoms with Crippen LogP contribution in [0.1, 0.15) is 13.8 Å². The maximum absolute atomic E-state index is 12.1. The lowest BCUT2D eigenvalue weighted by molar-refractivity contribution is -0.123. The number of carbonyl (C=O) groups is 1. The number of carbonyl (C=O) groups excluding carboxylic acids is 1. The van der Waals surface area contributed by atoms with E-state index < -0.39 is 0 Å². The van der Waals surface area contributed by atoms with E-state index in [1.54, 1.807) is 16.8 Å². The average molecular weight is 302 g/mol. The van der Waals surface area contributed by atoms with Gasteiger partial charge in [0.1, 0.15) is 6.04 Å². The second-order valence-corrected chi connectivity index (χ2v) is 4.54. The van der Waals surface area contributed by atoms with Crippen LogP contribution in [0.2, 0.25) is 0 Å². The van der Waals surface area contributed by atoms with Crippen LogP contribution in [-0.4, -0.2) is 35.8 Å².